The molecule has 0 aromatic heterocycles. The van der Waals surface area contributed by atoms with E-state index in [-0.39, 0.29) is 21.1 Å². The predicted octanol–water partition coefficient (Wildman–Crippen LogP) is 3.48. The largest absolute Gasteiger partial charge is 0.322 e. The van der Waals surface area contributed by atoms with Gasteiger partial charge in [-0.3, -0.25) is 0 Å². The summed E-state index contributed by atoms with van der Waals surface area (Å²) in [5.74, 6) is 0.939. The quantitative estimate of drug-likeness (QED) is 0.519. The SMILES string of the molecule is CC(C)COP(=S)(S)OCC(C)C.[W]. The maximum absolute atomic E-state index is 5.41. The molecule has 0 aliphatic heterocycles. The molecule has 0 heterocycles. The van der Waals surface area contributed by atoms with Crippen molar-refractivity contribution in [3.8, 4) is 0 Å². The summed E-state index contributed by atoms with van der Waals surface area (Å²) in [6.07, 6.45) is 0. The summed E-state index contributed by atoms with van der Waals surface area (Å²) >= 11 is 9.33. The van der Waals surface area contributed by atoms with Gasteiger partial charge in [0.05, 0.1) is 13.2 Å². The molecule has 0 amide bonds. The normalized spacial score (nSPS) is 11.9. The first-order chi connectivity index (χ1) is 5.83. The monoisotopic (exact) mass is 426 g/mol. The summed E-state index contributed by atoms with van der Waals surface area (Å²) in [6.45, 7) is 9.55. The maximum atomic E-state index is 5.41. The van der Waals surface area contributed by atoms with Gasteiger partial charge in [0, 0.05) is 21.1 Å². The minimum atomic E-state index is -2.27. The van der Waals surface area contributed by atoms with Crippen molar-refractivity contribution in [1.82, 2.24) is 0 Å². The Balaban J connectivity index is 0. The number of thiol groups is 1. The Morgan fingerprint density at radius 2 is 1.36 bits per heavy atom. The van der Waals surface area contributed by atoms with Gasteiger partial charge >= 0.3 is 0 Å². The van der Waals surface area contributed by atoms with E-state index in [0.717, 1.165) is 0 Å². The second-order valence-electron chi connectivity index (χ2n) is 3.85. The Morgan fingerprint density at radius 1 is 1.07 bits per heavy atom. The molecular formula is C8H19O2PS2W. The average Bonchev–Trinajstić information content (AvgIpc) is 1.98. The summed E-state index contributed by atoms with van der Waals surface area (Å²) < 4.78 is 10.8. The summed E-state index contributed by atoms with van der Waals surface area (Å²) in [5, 5.41) is 0. The van der Waals surface area contributed by atoms with Gasteiger partial charge in [-0.15, -0.1) is 0 Å². The standard InChI is InChI=1S/C8H19O2PS2.W/c1-7(2)5-9-11(12,13)10-6-8(3)4;/h7-8H,5-6H2,1-4H3,(H,12,13);. The smallest absolute Gasteiger partial charge is 0.244 e. The predicted molar refractivity (Wildman–Crippen MR) is 64.9 cm³/mol. The van der Waals surface area contributed by atoms with Crippen LogP contribution in [0.3, 0.4) is 0 Å². The first-order valence-electron chi connectivity index (χ1n) is 4.45. The van der Waals surface area contributed by atoms with Crippen molar-refractivity contribution in [1.29, 1.82) is 0 Å². The van der Waals surface area contributed by atoms with E-state index in [4.69, 9.17) is 20.9 Å². The van der Waals surface area contributed by atoms with Crippen LogP contribution in [-0.4, -0.2) is 13.2 Å². The minimum Gasteiger partial charge on any atom is -0.322 e. The van der Waals surface area contributed by atoms with Crippen LogP contribution in [0.5, 0.6) is 0 Å². The fourth-order valence-electron chi connectivity index (χ4n) is 0.524. The van der Waals surface area contributed by atoms with Gasteiger partial charge in [-0.1, -0.05) is 39.9 Å². The molecule has 0 N–H and O–H groups in total. The molecule has 0 bridgehead atoms. The van der Waals surface area contributed by atoms with Crippen molar-refractivity contribution in [3.05, 3.63) is 0 Å². The molecule has 0 rings (SSSR count). The molecule has 0 saturated heterocycles. The molecule has 0 aromatic rings. The van der Waals surface area contributed by atoms with Gasteiger partial charge < -0.3 is 9.05 Å². The molecule has 0 aromatic carbocycles. The fraction of sp³-hybridized carbons (Fsp3) is 1.00. The first kappa shape index (κ1) is 18.0. The van der Waals surface area contributed by atoms with Crippen LogP contribution in [0.4, 0.5) is 0 Å². The van der Waals surface area contributed by atoms with Gasteiger partial charge in [-0.05, 0) is 23.6 Å². The molecule has 0 radical (unpaired) electrons. The van der Waals surface area contributed by atoms with E-state index >= 15 is 0 Å². The molecule has 0 atom stereocenters. The third-order valence-electron chi connectivity index (χ3n) is 1.14. The van der Waals surface area contributed by atoms with E-state index in [1.54, 1.807) is 0 Å². The molecule has 0 aliphatic rings. The van der Waals surface area contributed by atoms with E-state index in [1.807, 2.05) is 0 Å². The van der Waals surface area contributed by atoms with Crippen LogP contribution in [0.2, 0.25) is 0 Å². The topological polar surface area (TPSA) is 18.5 Å². The molecule has 2 nitrogen and oxygen atoms in total. The van der Waals surface area contributed by atoms with Crippen LogP contribution < -0.4 is 0 Å². The minimum absolute atomic E-state index is 0. The summed E-state index contributed by atoms with van der Waals surface area (Å²) in [5.41, 5.74) is -2.27. The molecule has 0 fully saturated rings. The van der Waals surface area contributed by atoms with E-state index in [9.17, 15) is 0 Å². The van der Waals surface area contributed by atoms with Crippen molar-refractivity contribution in [2.24, 2.45) is 11.8 Å². The fourth-order valence-corrected chi connectivity index (χ4v) is 2.34. The molecule has 14 heavy (non-hydrogen) atoms. The maximum Gasteiger partial charge on any atom is 0.244 e. The second-order valence-corrected chi connectivity index (χ2v) is 9.14. The molecular weight excluding hydrogens is 407 g/mol. The van der Waals surface area contributed by atoms with Crippen LogP contribution in [-0.2, 0) is 41.9 Å². The van der Waals surface area contributed by atoms with Gasteiger partial charge in [0.1, 0.15) is 0 Å². The van der Waals surface area contributed by atoms with Crippen molar-refractivity contribution < 1.29 is 30.1 Å². The van der Waals surface area contributed by atoms with Crippen molar-refractivity contribution in [2.45, 2.75) is 27.7 Å². The van der Waals surface area contributed by atoms with Gasteiger partial charge in [-0.25, -0.2) is 0 Å². The zero-order valence-electron chi connectivity index (χ0n) is 9.10. The van der Waals surface area contributed by atoms with E-state index < -0.39 is 5.69 Å². The van der Waals surface area contributed by atoms with Crippen LogP contribution in [0, 0.1) is 11.8 Å². The van der Waals surface area contributed by atoms with Crippen molar-refractivity contribution >= 4 is 29.7 Å². The Morgan fingerprint density at radius 3 is 1.57 bits per heavy atom. The van der Waals surface area contributed by atoms with Gasteiger partial charge in [-0.2, -0.15) is 0 Å². The summed E-state index contributed by atoms with van der Waals surface area (Å²) in [4.78, 5) is 0. The van der Waals surface area contributed by atoms with Gasteiger partial charge in [0.15, 0.2) is 0 Å². The van der Waals surface area contributed by atoms with E-state index in [0.29, 0.717) is 25.0 Å². The first-order valence-corrected chi connectivity index (χ1v) is 8.24. The number of hydrogen-bond acceptors (Lipinski definition) is 3. The summed E-state index contributed by atoms with van der Waals surface area (Å²) in [6, 6.07) is 0. The Hall–Kier alpha value is 1.61. The van der Waals surface area contributed by atoms with Gasteiger partial charge in [0.2, 0.25) is 5.69 Å². The number of hydrogen-bond donors (Lipinski definition) is 1. The van der Waals surface area contributed by atoms with Crippen LogP contribution in [0.1, 0.15) is 27.7 Å². The molecule has 86 valence electrons. The number of rotatable bonds is 6. The third-order valence-corrected chi connectivity index (χ3v) is 3.42. The third kappa shape index (κ3) is 11.7. The zero-order chi connectivity index (χ0) is 10.5. The Kier molecular flexibility index (Phi) is 11.2. The van der Waals surface area contributed by atoms with Crippen molar-refractivity contribution in [3.63, 3.8) is 0 Å². The molecule has 0 saturated carbocycles. The molecule has 0 unspecified atom stereocenters. The molecule has 6 heteroatoms. The van der Waals surface area contributed by atoms with Gasteiger partial charge in [0.25, 0.3) is 0 Å². The molecule has 0 aliphatic carbocycles. The molecule has 0 spiro atoms. The summed E-state index contributed by atoms with van der Waals surface area (Å²) in [7, 11) is 0. The van der Waals surface area contributed by atoms with Crippen LogP contribution >= 0.6 is 17.9 Å². The van der Waals surface area contributed by atoms with Crippen LogP contribution in [0.25, 0.3) is 0 Å². The van der Waals surface area contributed by atoms with Crippen LogP contribution in [0.15, 0.2) is 0 Å². The zero-order valence-corrected chi connectivity index (χ0v) is 14.6. The van der Waals surface area contributed by atoms with Crippen molar-refractivity contribution in [2.75, 3.05) is 13.2 Å². The Labute approximate surface area is 112 Å². The second kappa shape index (κ2) is 8.73. The average molecular weight is 426 g/mol. The Bertz CT molecular complexity index is 172. The van der Waals surface area contributed by atoms with E-state index in [2.05, 4.69) is 39.9 Å². The van der Waals surface area contributed by atoms with E-state index in [1.165, 1.54) is 0 Å².